The van der Waals surface area contributed by atoms with Crippen molar-refractivity contribution in [2.45, 2.75) is 19.6 Å². The predicted octanol–water partition coefficient (Wildman–Crippen LogP) is -0.604. The molecule has 0 aliphatic rings. The fraction of sp³-hybridized carbons (Fsp3) is 0.667. The lowest BCUT2D eigenvalue weighted by molar-refractivity contribution is -0.139. The molecule has 0 aromatic rings. The second-order valence-corrected chi connectivity index (χ2v) is 2.95. The van der Waals surface area contributed by atoms with Crippen molar-refractivity contribution in [1.82, 2.24) is 5.32 Å². The highest BCUT2D eigenvalue weighted by molar-refractivity contribution is 5.86. The number of aliphatic hydroxyl groups is 2. The number of aliphatic hydroxyl groups excluding tert-OH is 1. The van der Waals surface area contributed by atoms with Crippen LogP contribution in [0.3, 0.4) is 0 Å². The zero-order valence-corrected chi connectivity index (χ0v) is 8.32. The van der Waals surface area contributed by atoms with Crippen molar-refractivity contribution < 1.29 is 19.7 Å². The Kier molecular flexibility index (Phi) is 7.00. The molecule has 0 aromatic carbocycles. The second kappa shape index (κ2) is 7.49. The van der Waals surface area contributed by atoms with Crippen LogP contribution >= 0.6 is 0 Å². The van der Waals surface area contributed by atoms with E-state index < -0.39 is 12.3 Å². The molecule has 0 heterocycles. The van der Waals surface area contributed by atoms with Gasteiger partial charge in [-0.15, -0.1) is 0 Å². The molecular formula is C9H17NO4. The van der Waals surface area contributed by atoms with E-state index in [0.29, 0.717) is 25.1 Å². The standard InChI is InChI=1S/C9H17NO4/c1-7(2)9(13)14-5-3-4-10-6-8(11)12/h8,10-12H,1,3-6H2,2H3. The molecule has 0 unspecified atom stereocenters. The van der Waals surface area contributed by atoms with Crippen LogP contribution in [0.5, 0.6) is 0 Å². The average molecular weight is 203 g/mol. The molecule has 0 aromatic heterocycles. The van der Waals surface area contributed by atoms with Crippen LogP contribution in [0.2, 0.25) is 0 Å². The third-order valence-electron chi connectivity index (χ3n) is 1.41. The summed E-state index contributed by atoms with van der Waals surface area (Å²) in [5, 5.41) is 19.7. The number of esters is 1. The van der Waals surface area contributed by atoms with E-state index in [0.717, 1.165) is 0 Å². The van der Waals surface area contributed by atoms with Gasteiger partial charge in [-0.1, -0.05) is 6.58 Å². The molecule has 3 N–H and O–H groups in total. The van der Waals surface area contributed by atoms with Gasteiger partial charge in [-0.2, -0.15) is 0 Å². The van der Waals surface area contributed by atoms with Crippen molar-refractivity contribution in [1.29, 1.82) is 0 Å². The van der Waals surface area contributed by atoms with Crippen molar-refractivity contribution in [3.8, 4) is 0 Å². The Labute approximate surface area is 83.4 Å². The Morgan fingerprint density at radius 3 is 2.71 bits per heavy atom. The summed E-state index contributed by atoms with van der Waals surface area (Å²) in [6.07, 6.45) is -0.709. The third kappa shape index (κ3) is 7.72. The molecule has 0 atom stereocenters. The Bertz CT molecular complexity index is 191. The van der Waals surface area contributed by atoms with E-state index in [1.165, 1.54) is 0 Å². The summed E-state index contributed by atoms with van der Waals surface area (Å²) < 4.78 is 4.81. The maximum atomic E-state index is 10.9. The quantitative estimate of drug-likeness (QED) is 0.223. The molecular weight excluding hydrogens is 186 g/mol. The number of rotatable bonds is 7. The summed E-state index contributed by atoms with van der Waals surface area (Å²) >= 11 is 0. The summed E-state index contributed by atoms with van der Waals surface area (Å²) in [5.41, 5.74) is 0.378. The van der Waals surface area contributed by atoms with E-state index in [1.54, 1.807) is 6.92 Å². The van der Waals surface area contributed by atoms with E-state index in [-0.39, 0.29) is 6.54 Å². The molecule has 0 aliphatic carbocycles. The molecule has 0 bridgehead atoms. The molecule has 0 fully saturated rings. The number of ether oxygens (including phenoxy) is 1. The first-order valence-electron chi connectivity index (χ1n) is 4.43. The highest BCUT2D eigenvalue weighted by Gasteiger charge is 2.01. The maximum Gasteiger partial charge on any atom is 0.333 e. The minimum absolute atomic E-state index is 0.119. The van der Waals surface area contributed by atoms with Gasteiger partial charge in [-0.25, -0.2) is 4.79 Å². The summed E-state index contributed by atoms with van der Waals surface area (Å²) in [7, 11) is 0. The van der Waals surface area contributed by atoms with Crippen LogP contribution in [0, 0.1) is 0 Å². The monoisotopic (exact) mass is 203 g/mol. The van der Waals surface area contributed by atoms with E-state index in [9.17, 15) is 4.79 Å². The van der Waals surface area contributed by atoms with E-state index in [4.69, 9.17) is 14.9 Å². The summed E-state index contributed by atoms with van der Waals surface area (Å²) in [4.78, 5) is 10.9. The fourth-order valence-electron chi connectivity index (χ4n) is 0.716. The van der Waals surface area contributed by atoms with Crippen LogP contribution in [0.25, 0.3) is 0 Å². The lowest BCUT2D eigenvalue weighted by atomic mass is 10.3. The number of hydrogen-bond donors (Lipinski definition) is 3. The zero-order valence-electron chi connectivity index (χ0n) is 8.32. The average Bonchev–Trinajstić information content (AvgIpc) is 2.09. The van der Waals surface area contributed by atoms with Crippen molar-refractivity contribution in [3.63, 3.8) is 0 Å². The maximum absolute atomic E-state index is 10.9. The van der Waals surface area contributed by atoms with Gasteiger partial charge in [-0.05, 0) is 19.9 Å². The largest absolute Gasteiger partial charge is 0.462 e. The molecule has 0 saturated carbocycles. The highest BCUT2D eigenvalue weighted by atomic mass is 16.5. The van der Waals surface area contributed by atoms with Gasteiger partial charge in [0.15, 0.2) is 6.29 Å². The van der Waals surface area contributed by atoms with Crippen LogP contribution in [-0.4, -0.2) is 42.2 Å². The molecule has 0 spiro atoms. The molecule has 5 heteroatoms. The SMILES string of the molecule is C=C(C)C(=O)OCCCNCC(O)O. The van der Waals surface area contributed by atoms with Gasteiger partial charge >= 0.3 is 5.97 Å². The Hall–Kier alpha value is -0.910. The zero-order chi connectivity index (χ0) is 11.0. The first-order chi connectivity index (χ1) is 6.54. The number of hydrogen-bond acceptors (Lipinski definition) is 5. The predicted molar refractivity (Wildman–Crippen MR) is 51.5 cm³/mol. The fourth-order valence-corrected chi connectivity index (χ4v) is 0.716. The minimum atomic E-state index is -1.34. The highest BCUT2D eigenvalue weighted by Crippen LogP contribution is 1.92. The van der Waals surface area contributed by atoms with Crippen LogP contribution in [0.15, 0.2) is 12.2 Å². The van der Waals surface area contributed by atoms with Crippen molar-refractivity contribution in [3.05, 3.63) is 12.2 Å². The van der Waals surface area contributed by atoms with E-state index in [1.807, 2.05) is 0 Å². The summed E-state index contributed by atoms with van der Waals surface area (Å²) in [5.74, 6) is -0.396. The minimum Gasteiger partial charge on any atom is -0.462 e. The Morgan fingerprint density at radius 1 is 1.57 bits per heavy atom. The van der Waals surface area contributed by atoms with Crippen LogP contribution in [0.4, 0.5) is 0 Å². The van der Waals surface area contributed by atoms with Crippen molar-refractivity contribution in [2.75, 3.05) is 19.7 Å². The third-order valence-corrected chi connectivity index (χ3v) is 1.41. The lowest BCUT2D eigenvalue weighted by Crippen LogP contribution is -2.27. The molecule has 82 valence electrons. The summed E-state index contributed by atoms with van der Waals surface area (Å²) in [6, 6.07) is 0. The van der Waals surface area contributed by atoms with E-state index in [2.05, 4.69) is 11.9 Å². The van der Waals surface area contributed by atoms with Crippen molar-refractivity contribution >= 4 is 5.97 Å². The molecule has 0 saturated heterocycles. The number of carbonyl (C=O) groups excluding carboxylic acids is 1. The van der Waals surface area contributed by atoms with Crippen LogP contribution in [-0.2, 0) is 9.53 Å². The first-order valence-corrected chi connectivity index (χ1v) is 4.43. The number of nitrogens with one attached hydrogen (secondary N) is 1. The van der Waals surface area contributed by atoms with Gasteiger partial charge < -0.3 is 20.3 Å². The Balaban J connectivity index is 3.22. The molecule has 5 nitrogen and oxygen atoms in total. The van der Waals surface area contributed by atoms with Crippen LogP contribution < -0.4 is 5.32 Å². The molecule has 0 radical (unpaired) electrons. The van der Waals surface area contributed by atoms with Gasteiger partial charge in [0, 0.05) is 12.1 Å². The van der Waals surface area contributed by atoms with Gasteiger partial charge in [0.2, 0.25) is 0 Å². The normalized spacial score (nSPS) is 10.3. The second-order valence-electron chi connectivity index (χ2n) is 2.95. The lowest BCUT2D eigenvalue weighted by Gasteiger charge is -2.06. The van der Waals surface area contributed by atoms with Gasteiger partial charge in [-0.3, -0.25) is 0 Å². The molecule has 0 aliphatic heterocycles. The summed E-state index contributed by atoms with van der Waals surface area (Å²) in [6.45, 7) is 6.02. The smallest absolute Gasteiger partial charge is 0.333 e. The van der Waals surface area contributed by atoms with Gasteiger partial charge in [0.25, 0.3) is 0 Å². The van der Waals surface area contributed by atoms with Crippen LogP contribution in [0.1, 0.15) is 13.3 Å². The topological polar surface area (TPSA) is 78.8 Å². The molecule has 0 amide bonds. The van der Waals surface area contributed by atoms with Crippen molar-refractivity contribution in [2.24, 2.45) is 0 Å². The first kappa shape index (κ1) is 13.1. The molecule has 14 heavy (non-hydrogen) atoms. The number of carbonyl (C=O) groups is 1. The van der Waals surface area contributed by atoms with Gasteiger partial charge in [0.05, 0.1) is 6.61 Å². The van der Waals surface area contributed by atoms with Gasteiger partial charge in [0.1, 0.15) is 0 Å². The van der Waals surface area contributed by atoms with E-state index >= 15 is 0 Å². The molecule has 0 rings (SSSR count). The Morgan fingerprint density at radius 2 is 2.21 bits per heavy atom.